The van der Waals surface area contributed by atoms with Crippen molar-refractivity contribution in [2.24, 2.45) is 0 Å². The predicted octanol–water partition coefficient (Wildman–Crippen LogP) is 0.871. The number of hydrogen-bond donors (Lipinski definition) is 2. The van der Waals surface area contributed by atoms with E-state index in [0.717, 1.165) is 0 Å². The Balaban J connectivity index is 2.96. The van der Waals surface area contributed by atoms with Gasteiger partial charge in [0, 0.05) is 6.54 Å². The summed E-state index contributed by atoms with van der Waals surface area (Å²) in [4.78, 5) is 10.9. The Labute approximate surface area is 93.9 Å². The molecule has 16 heavy (non-hydrogen) atoms. The van der Waals surface area contributed by atoms with E-state index in [1.165, 1.54) is 0 Å². The van der Waals surface area contributed by atoms with Crippen LogP contribution in [-0.4, -0.2) is 37.3 Å². The molecule has 0 radical (unpaired) electrons. The van der Waals surface area contributed by atoms with Gasteiger partial charge in [0.15, 0.2) is 5.69 Å². The lowest BCUT2D eigenvalue weighted by Crippen LogP contribution is -2.13. The maximum Gasteiger partial charge on any atom is 0.358 e. The summed E-state index contributed by atoms with van der Waals surface area (Å²) in [6.45, 7) is 5.95. The standard InChI is InChI=1S/C10H17N3O3/c1-6(2)9-8(10(15)16)11-12-13(9)5-4-7(3)14/h6-7,14H,4-5H2,1-3H3,(H,15,16). The molecular formula is C10H17N3O3. The highest BCUT2D eigenvalue weighted by Gasteiger charge is 2.21. The molecule has 0 aliphatic carbocycles. The number of aromatic carboxylic acids is 1. The molecule has 0 spiro atoms. The summed E-state index contributed by atoms with van der Waals surface area (Å²) in [6, 6.07) is 0. The van der Waals surface area contributed by atoms with Gasteiger partial charge in [-0.05, 0) is 19.3 Å². The third kappa shape index (κ3) is 2.79. The topological polar surface area (TPSA) is 88.2 Å². The number of aliphatic hydroxyl groups excluding tert-OH is 1. The Morgan fingerprint density at radius 1 is 1.44 bits per heavy atom. The highest BCUT2D eigenvalue weighted by Crippen LogP contribution is 2.18. The molecule has 0 fully saturated rings. The second-order valence-corrected chi connectivity index (χ2v) is 4.14. The van der Waals surface area contributed by atoms with Crippen molar-refractivity contribution in [2.75, 3.05) is 0 Å². The highest BCUT2D eigenvalue weighted by atomic mass is 16.4. The van der Waals surface area contributed by atoms with Crippen molar-refractivity contribution in [3.63, 3.8) is 0 Å². The molecule has 1 aromatic rings. The van der Waals surface area contributed by atoms with E-state index in [1.54, 1.807) is 11.6 Å². The maximum absolute atomic E-state index is 10.9. The third-order valence-electron chi connectivity index (χ3n) is 2.28. The van der Waals surface area contributed by atoms with Crippen molar-refractivity contribution in [1.82, 2.24) is 15.0 Å². The first-order chi connectivity index (χ1) is 7.43. The molecule has 0 aromatic carbocycles. The van der Waals surface area contributed by atoms with Gasteiger partial charge >= 0.3 is 5.97 Å². The summed E-state index contributed by atoms with van der Waals surface area (Å²) in [6.07, 6.45) is 0.0970. The molecule has 0 saturated heterocycles. The van der Waals surface area contributed by atoms with Gasteiger partial charge in [-0.25, -0.2) is 9.48 Å². The largest absolute Gasteiger partial charge is 0.476 e. The molecule has 6 heteroatoms. The molecule has 1 rings (SSSR count). The summed E-state index contributed by atoms with van der Waals surface area (Å²) in [7, 11) is 0. The van der Waals surface area contributed by atoms with E-state index in [1.807, 2.05) is 13.8 Å². The van der Waals surface area contributed by atoms with Gasteiger partial charge in [-0.2, -0.15) is 0 Å². The van der Waals surface area contributed by atoms with Crippen LogP contribution >= 0.6 is 0 Å². The zero-order valence-corrected chi connectivity index (χ0v) is 9.71. The number of aromatic nitrogens is 3. The molecule has 90 valence electrons. The Hall–Kier alpha value is -1.43. The molecule has 0 amide bonds. The summed E-state index contributed by atoms with van der Waals surface area (Å²) in [5, 5.41) is 25.6. The molecule has 1 atom stereocenters. The first kappa shape index (κ1) is 12.6. The van der Waals surface area contributed by atoms with E-state index < -0.39 is 12.1 Å². The monoisotopic (exact) mass is 227 g/mol. The minimum atomic E-state index is -1.06. The molecule has 6 nitrogen and oxygen atoms in total. The molecule has 1 aromatic heterocycles. The first-order valence-corrected chi connectivity index (χ1v) is 5.28. The first-order valence-electron chi connectivity index (χ1n) is 5.28. The number of carboxylic acid groups (broad SMARTS) is 1. The number of nitrogens with zero attached hydrogens (tertiary/aromatic N) is 3. The number of hydrogen-bond acceptors (Lipinski definition) is 4. The molecule has 2 N–H and O–H groups in total. The van der Waals surface area contributed by atoms with Gasteiger partial charge in [0.25, 0.3) is 0 Å². The molecule has 0 aliphatic heterocycles. The Morgan fingerprint density at radius 2 is 2.06 bits per heavy atom. The van der Waals surface area contributed by atoms with Crippen molar-refractivity contribution < 1.29 is 15.0 Å². The fourth-order valence-electron chi connectivity index (χ4n) is 1.52. The molecule has 1 unspecified atom stereocenters. The third-order valence-corrected chi connectivity index (χ3v) is 2.28. The van der Waals surface area contributed by atoms with Gasteiger partial charge in [-0.15, -0.1) is 5.10 Å². The van der Waals surface area contributed by atoms with Crippen molar-refractivity contribution in [3.05, 3.63) is 11.4 Å². The van der Waals surface area contributed by atoms with E-state index in [-0.39, 0.29) is 11.6 Å². The van der Waals surface area contributed by atoms with Gasteiger partial charge in [-0.3, -0.25) is 0 Å². The Bertz CT molecular complexity index is 371. The van der Waals surface area contributed by atoms with Crippen molar-refractivity contribution >= 4 is 5.97 Å². The number of rotatable bonds is 5. The van der Waals surface area contributed by atoms with Gasteiger partial charge < -0.3 is 10.2 Å². The fraction of sp³-hybridized carbons (Fsp3) is 0.700. The summed E-state index contributed by atoms with van der Waals surface area (Å²) < 4.78 is 1.56. The van der Waals surface area contributed by atoms with E-state index in [4.69, 9.17) is 5.11 Å². The van der Waals surface area contributed by atoms with E-state index >= 15 is 0 Å². The average molecular weight is 227 g/mol. The Kier molecular flexibility index (Phi) is 4.00. The predicted molar refractivity (Wildman–Crippen MR) is 57.4 cm³/mol. The SMILES string of the molecule is CC(O)CCn1nnc(C(=O)O)c1C(C)C. The van der Waals surface area contributed by atoms with Crippen molar-refractivity contribution in [2.45, 2.75) is 45.8 Å². The van der Waals surface area contributed by atoms with Gasteiger partial charge in [0.1, 0.15) is 0 Å². The maximum atomic E-state index is 10.9. The molecule has 0 aliphatic rings. The smallest absolute Gasteiger partial charge is 0.358 e. The number of aryl methyl sites for hydroxylation is 1. The zero-order valence-electron chi connectivity index (χ0n) is 9.71. The van der Waals surface area contributed by atoms with Gasteiger partial charge in [0.2, 0.25) is 0 Å². The van der Waals surface area contributed by atoms with Crippen molar-refractivity contribution in [1.29, 1.82) is 0 Å². The van der Waals surface area contributed by atoms with E-state index in [9.17, 15) is 9.90 Å². The molecule has 0 bridgehead atoms. The Morgan fingerprint density at radius 3 is 2.50 bits per heavy atom. The number of carbonyl (C=O) groups is 1. The zero-order chi connectivity index (χ0) is 12.3. The highest BCUT2D eigenvalue weighted by molar-refractivity contribution is 5.86. The molecule has 0 saturated carbocycles. The lowest BCUT2D eigenvalue weighted by molar-refractivity contribution is 0.0688. The second kappa shape index (κ2) is 5.07. The van der Waals surface area contributed by atoms with Crippen LogP contribution in [0.1, 0.15) is 49.3 Å². The average Bonchev–Trinajstić information content (AvgIpc) is 2.57. The molecule has 1 heterocycles. The number of aliphatic hydroxyl groups is 1. The summed E-state index contributed by atoms with van der Waals surface area (Å²) >= 11 is 0. The van der Waals surface area contributed by atoms with Crippen LogP contribution in [0.15, 0.2) is 0 Å². The lowest BCUT2D eigenvalue weighted by Gasteiger charge is -2.10. The van der Waals surface area contributed by atoms with Crippen LogP contribution in [0.3, 0.4) is 0 Å². The van der Waals surface area contributed by atoms with Crippen molar-refractivity contribution in [3.8, 4) is 0 Å². The quantitative estimate of drug-likeness (QED) is 0.779. The normalized spacial score (nSPS) is 13.1. The van der Waals surface area contributed by atoms with E-state index in [0.29, 0.717) is 18.7 Å². The van der Waals surface area contributed by atoms with Gasteiger partial charge in [0.05, 0.1) is 11.8 Å². The van der Waals surface area contributed by atoms with Crippen LogP contribution in [0.5, 0.6) is 0 Å². The summed E-state index contributed by atoms with van der Waals surface area (Å²) in [5.74, 6) is -1.03. The summed E-state index contributed by atoms with van der Waals surface area (Å²) in [5.41, 5.74) is 0.605. The van der Waals surface area contributed by atoms with Crippen LogP contribution in [0, 0.1) is 0 Å². The minimum absolute atomic E-state index is 0.000549. The lowest BCUT2D eigenvalue weighted by atomic mass is 10.1. The van der Waals surface area contributed by atoms with E-state index in [2.05, 4.69) is 10.3 Å². The van der Waals surface area contributed by atoms with Crippen LogP contribution in [0.25, 0.3) is 0 Å². The van der Waals surface area contributed by atoms with Crippen LogP contribution < -0.4 is 0 Å². The molecular weight excluding hydrogens is 210 g/mol. The van der Waals surface area contributed by atoms with Crippen LogP contribution in [-0.2, 0) is 6.54 Å². The van der Waals surface area contributed by atoms with Crippen LogP contribution in [0.4, 0.5) is 0 Å². The minimum Gasteiger partial charge on any atom is -0.476 e. The fourth-order valence-corrected chi connectivity index (χ4v) is 1.52. The van der Waals surface area contributed by atoms with Crippen LogP contribution in [0.2, 0.25) is 0 Å². The number of carboxylic acids is 1. The second-order valence-electron chi connectivity index (χ2n) is 4.14. The van der Waals surface area contributed by atoms with Gasteiger partial charge in [-0.1, -0.05) is 19.1 Å².